The van der Waals surface area contributed by atoms with Gasteiger partial charge in [-0.1, -0.05) is 25.4 Å². The van der Waals surface area contributed by atoms with Crippen LogP contribution in [0, 0.1) is 5.92 Å². The van der Waals surface area contributed by atoms with Crippen molar-refractivity contribution in [3.05, 3.63) is 23.2 Å². The Hall–Kier alpha value is -2.07. The lowest BCUT2D eigenvalue weighted by Crippen LogP contribution is -2.52. The molecule has 0 radical (unpaired) electrons. The average Bonchev–Trinajstić information content (AvgIpc) is 2.59. The van der Waals surface area contributed by atoms with Gasteiger partial charge in [0.1, 0.15) is 0 Å². The summed E-state index contributed by atoms with van der Waals surface area (Å²) in [6, 6.07) is 4.98. The van der Waals surface area contributed by atoms with Gasteiger partial charge in [0.25, 0.3) is 0 Å². The number of nitrogens with zero attached hydrogens (tertiary/aromatic N) is 2. The van der Waals surface area contributed by atoms with Crippen molar-refractivity contribution in [1.29, 1.82) is 0 Å². The minimum absolute atomic E-state index is 0.0595. The molecule has 11 heteroatoms. The predicted octanol–water partition coefficient (Wildman–Crippen LogP) is 3.41. The summed E-state index contributed by atoms with van der Waals surface area (Å²) in [7, 11) is 0. The molecule has 1 aliphatic heterocycles. The molecule has 0 aliphatic carbocycles. The SMILES string of the molecule is CC(C)CC(=O)NC(=S)Nc1cc(Cl)ccc1N1CCN(C(=O)C(F)(F)F)CC1. The minimum atomic E-state index is -4.88. The van der Waals surface area contributed by atoms with E-state index in [4.69, 9.17) is 23.8 Å². The lowest BCUT2D eigenvalue weighted by atomic mass is 10.1. The topological polar surface area (TPSA) is 64.7 Å². The van der Waals surface area contributed by atoms with Gasteiger partial charge in [0, 0.05) is 37.6 Å². The quantitative estimate of drug-likeness (QED) is 0.688. The van der Waals surface area contributed by atoms with Crippen LogP contribution in [0.5, 0.6) is 0 Å². The van der Waals surface area contributed by atoms with Gasteiger partial charge in [0.15, 0.2) is 5.11 Å². The summed E-state index contributed by atoms with van der Waals surface area (Å²) in [5.74, 6) is -1.88. The first-order chi connectivity index (χ1) is 13.5. The summed E-state index contributed by atoms with van der Waals surface area (Å²) in [6.45, 7) is 4.13. The number of nitrogens with one attached hydrogen (secondary N) is 2. The first-order valence-electron chi connectivity index (χ1n) is 8.98. The molecular formula is C18H22ClF3N4O2S. The van der Waals surface area contributed by atoms with E-state index in [-0.39, 0.29) is 43.1 Å². The highest BCUT2D eigenvalue weighted by molar-refractivity contribution is 7.80. The van der Waals surface area contributed by atoms with Gasteiger partial charge in [-0.25, -0.2) is 0 Å². The molecule has 1 aliphatic rings. The molecule has 6 nitrogen and oxygen atoms in total. The van der Waals surface area contributed by atoms with Crippen LogP contribution in [-0.2, 0) is 9.59 Å². The number of carbonyl (C=O) groups is 2. The molecule has 0 saturated carbocycles. The fourth-order valence-corrected chi connectivity index (χ4v) is 3.31. The van der Waals surface area contributed by atoms with E-state index in [1.807, 2.05) is 18.7 Å². The molecule has 160 valence electrons. The van der Waals surface area contributed by atoms with Gasteiger partial charge < -0.3 is 20.4 Å². The normalized spacial score (nSPS) is 14.7. The lowest BCUT2D eigenvalue weighted by molar-refractivity contribution is -0.185. The van der Waals surface area contributed by atoms with Crippen LogP contribution in [0.3, 0.4) is 0 Å². The summed E-state index contributed by atoms with van der Waals surface area (Å²) in [5.41, 5.74) is 1.18. The zero-order valence-corrected chi connectivity index (χ0v) is 17.5. The van der Waals surface area contributed by atoms with Crippen molar-refractivity contribution in [2.24, 2.45) is 5.92 Å². The van der Waals surface area contributed by atoms with Crippen LogP contribution in [0.2, 0.25) is 5.02 Å². The average molecular weight is 451 g/mol. The smallest absolute Gasteiger partial charge is 0.366 e. The van der Waals surface area contributed by atoms with E-state index >= 15 is 0 Å². The molecule has 0 bridgehead atoms. The van der Waals surface area contributed by atoms with Crippen LogP contribution < -0.4 is 15.5 Å². The third-order valence-corrected chi connectivity index (χ3v) is 4.64. The number of alkyl halides is 3. The maximum atomic E-state index is 12.6. The summed E-state index contributed by atoms with van der Waals surface area (Å²) in [4.78, 5) is 25.9. The van der Waals surface area contributed by atoms with Gasteiger partial charge in [-0.05, 0) is 36.3 Å². The van der Waals surface area contributed by atoms with Gasteiger partial charge in [0.2, 0.25) is 5.91 Å². The zero-order chi connectivity index (χ0) is 21.8. The van der Waals surface area contributed by atoms with Crippen LogP contribution in [0.25, 0.3) is 0 Å². The fourth-order valence-electron chi connectivity index (χ4n) is 2.92. The Morgan fingerprint density at radius 2 is 1.83 bits per heavy atom. The van der Waals surface area contributed by atoms with E-state index < -0.39 is 12.1 Å². The number of thiocarbonyl (C=S) groups is 1. The van der Waals surface area contributed by atoms with Crippen LogP contribution in [-0.4, -0.2) is 54.2 Å². The monoisotopic (exact) mass is 450 g/mol. The number of hydrogen-bond donors (Lipinski definition) is 2. The first kappa shape index (κ1) is 23.2. The van der Waals surface area contributed by atoms with Crippen LogP contribution in [0.1, 0.15) is 20.3 Å². The molecule has 0 unspecified atom stereocenters. The Labute approximate surface area is 177 Å². The van der Waals surface area contributed by atoms with E-state index in [9.17, 15) is 22.8 Å². The molecule has 0 atom stereocenters. The van der Waals surface area contributed by atoms with E-state index in [1.54, 1.807) is 18.2 Å². The molecule has 1 aromatic carbocycles. The molecule has 1 fully saturated rings. The van der Waals surface area contributed by atoms with Crippen LogP contribution in [0.15, 0.2) is 18.2 Å². The van der Waals surface area contributed by atoms with Crippen molar-refractivity contribution in [1.82, 2.24) is 10.2 Å². The highest BCUT2D eigenvalue weighted by Crippen LogP contribution is 2.30. The van der Waals surface area contributed by atoms with Gasteiger partial charge in [-0.15, -0.1) is 0 Å². The Kier molecular flexibility index (Phi) is 7.70. The third-order valence-electron chi connectivity index (χ3n) is 4.20. The Morgan fingerprint density at radius 1 is 1.21 bits per heavy atom. The van der Waals surface area contributed by atoms with E-state index in [1.165, 1.54) is 0 Å². The molecule has 2 rings (SSSR count). The molecule has 2 N–H and O–H groups in total. The predicted molar refractivity (Wildman–Crippen MR) is 110 cm³/mol. The van der Waals surface area contributed by atoms with Gasteiger partial charge in [-0.2, -0.15) is 13.2 Å². The van der Waals surface area contributed by atoms with Gasteiger partial charge >= 0.3 is 12.1 Å². The Bertz CT molecular complexity index is 781. The maximum Gasteiger partial charge on any atom is 0.471 e. The fraction of sp³-hybridized carbons (Fsp3) is 0.500. The van der Waals surface area contributed by atoms with E-state index in [0.717, 1.165) is 4.90 Å². The standard InChI is InChI=1S/C18H22ClF3N4O2S/c1-11(2)9-15(27)24-17(29)23-13-10-12(19)3-4-14(13)25-5-7-26(8-6-25)16(28)18(20,21)22/h3-4,10-11H,5-9H2,1-2H3,(H2,23,24,27,29). The van der Waals surface area contributed by atoms with E-state index in [0.29, 0.717) is 22.8 Å². The minimum Gasteiger partial charge on any atom is -0.366 e. The number of carbonyl (C=O) groups excluding carboxylic acids is 2. The number of halogens is 4. The first-order valence-corrected chi connectivity index (χ1v) is 9.77. The molecule has 0 aromatic heterocycles. The van der Waals surface area contributed by atoms with Crippen molar-refractivity contribution in [2.45, 2.75) is 26.4 Å². The number of hydrogen-bond acceptors (Lipinski definition) is 4. The number of rotatable bonds is 4. The van der Waals surface area contributed by atoms with Gasteiger partial charge in [-0.3, -0.25) is 9.59 Å². The van der Waals surface area contributed by atoms with Crippen molar-refractivity contribution in [3.63, 3.8) is 0 Å². The van der Waals surface area contributed by atoms with Crippen molar-refractivity contribution in [3.8, 4) is 0 Å². The van der Waals surface area contributed by atoms with Crippen LogP contribution >= 0.6 is 23.8 Å². The second-order valence-electron chi connectivity index (χ2n) is 7.04. The Balaban J connectivity index is 2.06. The molecule has 29 heavy (non-hydrogen) atoms. The third kappa shape index (κ3) is 6.74. The number of anilines is 2. The summed E-state index contributed by atoms with van der Waals surface area (Å²) in [6.07, 6.45) is -4.56. The molecular weight excluding hydrogens is 429 g/mol. The number of piperazine rings is 1. The van der Waals surface area contributed by atoms with E-state index in [2.05, 4.69) is 10.6 Å². The Morgan fingerprint density at radius 3 is 2.38 bits per heavy atom. The summed E-state index contributed by atoms with van der Waals surface area (Å²) in [5, 5.41) is 6.04. The molecule has 2 amide bonds. The molecule has 0 spiro atoms. The second-order valence-corrected chi connectivity index (χ2v) is 7.88. The maximum absolute atomic E-state index is 12.6. The van der Waals surface area contributed by atoms with Crippen molar-refractivity contribution in [2.75, 3.05) is 36.4 Å². The molecule has 1 aromatic rings. The van der Waals surface area contributed by atoms with Crippen molar-refractivity contribution < 1.29 is 22.8 Å². The number of benzene rings is 1. The van der Waals surface area contributed by atoms with Crippen LogP contribution in [0.4, 0.5) is 24.5 Å². The lowest BCUT2D eigenvalue weighted by Gasteiger charge is -2.37. The highest BCUT2D eigenvalue weighted by atomic mass is 35.5. The van der Waals surface area contributed by atoms with Gasteiger partial charge in [0.05, 0.1) is 11.4 Å². The molecule has 1 heterocycles. The summed E-state index contributed by atoms with van der Waals surface area (Å²) < 4.78 is 37.8. The highest BCUT2D eigenvalue weighted by Gasteiger charge is 2.43. The zero-order valence-electron chi connectivity index (χ0n) is 16.0. The van der Waals surface area contributed by atoms with Crippen molar-refractivity contribution >= 4 is 52.1 Å². The second kappa shape index (κ2) is 9.62. The summed E-state index contributed by atoms with van der Waals surface area (Å²) >= 11 is 11.2. The molecule has 1 saturated heterocycles. The largest absolute Gasteiger partial charge is 0.471 e. The number of amides is 2.